The third kappa shape index (κ3) is 6.69. The highest BCUT2D eigenvalue weighted by atomic mass is 16.5. The second-order valence-electron chi connectivity index (χ2n) is 8.28. The number of ether oxygens (including phenoxy) is 3. The summed E-state index contributed by atoms with van der Waals surface area (Å²) in [5.74, 6) is 0.830. The van der Waals surface area contributed by atoms with E-state index in [2.05, 4.69) is 5.32 Å². The number of benzene rings is 3. The van der Waals surface area contributed by atoms with Crippen LogP contribution >= 0.6 is 0 Å². The number of hydrogen-bond donors (Lipinski definition) is 1. The molecule has 8 nitrogen and oxygen atoms in total. The van der Waals surface area contributed by atoms with Crippen molar-refractivity contribution in [2.75, 3.05) is 51.7 Å². The lowest BCUT2D eigenvalue weighted by molar-refractivity contribution is -0.118. The van der Waals surface area contributed by atoms with Crippen LogP contribution < -0.4 is 24.4 Å². The maximum absolute atomic E-state index is 13.2. The number of hydrogen-bond acceptors (Lipinski definition) is 6. The highest BCUT2D eigenvalue weighted by Gasteiger charge is 2.18. The quantitative estimate of drug-likeness (QED) is 0.427. The Hall–Kier alpha value is -4.20. The first-order valence-corrected chi connectivity index (χ1v) is 11.7. The number of carbonyl (C=O) groups is 2. The van der Waals surface area contributed by atoms with E-state index < -0.39 is 0 Å². The molecule has 3 aromatic rings. The third-order valence-electron chi connectivity index (χ3n) is 5.65. The summed E-state index contributed by atoms with van der Waals surface area (Å²) in [4.78, 5) is 29.4. The van der Waals surface area contributed by atoms with E-state index in [9.17, 15) is 9.59 Å². The summed E-state index contributed by atoms with van der Waals surface area (Å²) >= 11 is 0. The van der Waals surface area contributed by atoms with Gasteiger partial charge in [-0.1, -0.05) is 24.3 Å². The minimum Gasteiger partial charge on any atom is -0.495 e. The van der Waals surface area contributed by atoms with Crippen LogP contribution in [0.15, 0.2) is 66.7 Å². The SMILES string of the molecule is CCN(Cc1ccc(N(C)C)cc1)C(=O)c1ccc(OCC(=O)Nc2ccccc2OC)c(OC)c1. The number of nitrogens with zero attached hydrogens (tertiary/aromatic N) is 2. The van der Waals surface area contributed by atoms with Crippen molar-refractivity contribution in [2.24, 2.45) is 0 Å². The van der Waals surface area contributed by atoms with Crippen LogP contribution in [-0.4, -0.2) is 58.2 Å². The number of para-hydroxylation sites is 2. The van der Waals surface area contributed by atoms with E-state index in [4.69, 9.17) is 14.2 Å². The molecular weight excluding hydrogens is 458 g/mol. The van der Waals surface area contributed by atoms with Crippen molar-refractivity contribution >= 4 is 23.2 Å². The van der Waals surface area contributed by atoms with Crippen LogP contribution in [0.3, 0.4) is 0 Å². The molecule has 0 spiro atoms. The lowest BCUT2D eigenvalue weighted by atomic mass is 10.1. The Morgan fingerprint density at radius 1 is 0.861 bits per heavy atom. The third-order valence-corrected chi connectivity index (χ3v) is 5.65. The molecule has 3 rings (SSSR count). The Morgan fingerprint density at radius 2 is 1.56 bits per heavy atom. The van der Waals surface area contributed by atoms with Crippen LogP contribution in [0.4, 0.5) is 11.4 Å². The number of amides is 2. The highest BCUT2D eigenvalue weighted by molar-refractivity contribution is 5.95. The zero-order valence-electron chi connectivity index (χ0n) is 21.4. The summed E-state index contributed by atoms with van der Waals surface area (Å²) in [6, 6.07) is 20.2. The van der Waals surface area contributed by atoms with Gasteiger partial charge in [-0.05, 0) is 55.0 Å². The maximum atomic E-state index is 13.2. The van der Waals surface area contributed by atoms with Gasteiger partial charge in [-0.15, -0.1) is 0 Å². The van der Waals surface area contributed by atoms with Gasteiger partial charge in [-0.3, -0.25) is 9.59 Å². The largest absolute Gasteiger partial charge is 0.495 e. The average Bonchev–Trinajstić information content (AvgIpc) is 2.90. The van der Waals surface area contributed by atoms with E-state index in [1.165, 1.54) is 14.2 Å². The Bertz CT molecular complexity index is 1180. The van der Waals surface area contributed by atoms with Crippen LogP contribution in [0.1, 0.15) is 22.8 Å². The van der Waals surface area contributed by atoms with E-state index in [0.29, 0.717) is 41.6 Å². The van der Waals surface area contributed by atoms with Crippen molar-refractivity contribution in [3.8, 4) is 17.2 Å². The fourth-order valence-corrected chi connectivity index (χ4v) is 3.63. The van der Waals surface area contributed by atoms with Gasteiger partial charge >= 0.3 is 0 Å². The Morgan fingerprint density at radius 3 is 2.19 bits per heavy atom. The molecule has 3 aromatic carbocycles. The molecule has 190 valence electrons. The fraction of sp³-hybridized carbons (Fsp3) is 0.286. The van der Waals surface area contributed by atoms with Crippen molar-refractivity contribution in [1.82, 2.24) is 4.90 Å². The molecule has 0 saturated heterocycles. The monoisotopic (exact) mass is 491 g/mol. The lowest BCUT2D eigenvalue weighted by Gasteiger charge is -2.22. The molecule has 36 heavy (non-hydrogen) atoms. The molecule has 0 aliphatic rings. The van der Waals surface area contributed by atoms with Crippen LogP contribution in [0.25, 0.3) is 0 Å². The smallest absolute Gasteiger partial charge is 0.262 e. The molecule has 0 aliphatic carbocycles. The number of nitrogens with one attached hydrogen (secondary N) is 1. The van der Waals surface area contributed by atoms with E-state index in [-0.39, 0.29) is 18.4 Å². The Labute approximate surface area is 212 Å². The van der Waals surface area contributed by atoms with Gasteiger partial charge in [0.05, 0.1) is 19.9 Å². The fourth-order valence-electron chi connectivity index (χ4n) is 3.63. The highest BCUT2D eigenvalue weighted by Crippen LogP contribution is 2.29. The molecule has 1 N–H and O–H groups in total. The van der Waals surface area contributed by atoms with Gasteiger partial charge in [0.1, 0.15) is 5.75 Å². The van der Waals surface area contributed by atoms with Gasteiger partial charge in [-0.25, -0.2) is 0 Å². The molecule has 0 aromatic heterocycles. The van der Waals surface area contributed by atoms with Crippen molar-refractivity contribution in [2.45, 2.75) is 13.5 Å². The average molecular weight is 492 g/mol. The molecule has 0 heterocycles. The van der Waals surface area contributed by atoms with Gasteiger partial charge in [0, 0.05) is 38.4 Å². The van der Waals surface area contributed by atoms with Crippen LogP contribution in [0, 0.1) is 0 Å². The van der Waals surface area contributed by atoms with Gasteiger partial charge in [-0.2, -0.15) is 0 Å². The summed E-state index contributed by atoms with van der Waals surface area (Å²) < 4.78 is 16.4. The van der Waals surface area contributed by atoms with Crippen molar-refractivity contribution in [3.63, 3.8) is 0 Å². The Kier molecular flexibility index (Phi) is 9.16. The number of methoxy groups -OCH3 is 2. The summed E-state index contributed by atoms with van der Waals surface area (Å²) in [7, 11) is 7.01. The van der Waals surface area contributed by atoms with Crippen LogP contribution in [0.5, 0.6) is 17.2 Å². The van der Waals surface area contributed by atoms with Gasteiger partial charge in [0.25, 0.3) is 11.8 Å². The van der Waals surface area contributed by atoms with Crippen LogP contribution in [-0.2, 0) is 11.3 Å². The maximum Gasteiger partial charge on any atom is 0.262 e. The van der Waals surface area contributed by atoms with E-state index in [1.54, 1.807) is 41.3 Å². The zero-order chi connectivity index (χ0) is 26.1. The summed E-state index contributed by atoms with van der Waals surface area (Å²) in [6.07, 6.45) is 0. The normalized spacial score (nSPS) is 10.4. The van der Waals surface area contributed by atoms with Crippen molar-refractivity contribution in [3.05, 3.63) is 77.9 Å². The molecule has 0 radical (unpaired) electrons. The number of carbonyl (C=O) groups excluding carboxylic acids is 2. The topological polar surface area (TPSA) is 80.3 Å². The number of rotatable bonds is 11. The molecule has 8 heteroatoms. The van der Waals surface area contributed by atoms with Crippen molar-refractivity contribution in [1.29, 1.82) is 0 Å². The second kappa shape index (κ2) is 12.5. The molecule has 0 fully saturated rings. The van der Waals surface area contributed by atoms with E-state index in [0.717, 1.165) is 11.3 Å². The standard InChI is InChI=1S/C28H33N3O5/c1-6-31(18-20-11-14-22(15-12-20)30(2)3)28(33)21-13-16-25(26(17-21)35-5)36-19-27(32)29-23-9-7-8-10-24(23)34-4/h7-17H,6,18-19H2,1-5H3,(H,29,32). The minimum atomic E-state index is -0.348. The first-order valence-electron chi connectivity index (χ1n) is 11.7. The minimum absolute atomic E-state index is 0.118. The summed E-state index contributed by atoms with van der Waals surface area (Å²) in [5, 5.41) is 2.76. The second-order valence-corrected chi connectivity index (χ2v) is 8.28. The molecular formula is C28H33N3O5. The summed E-state index contributed by atoms with van der Waals surface area (Å²) in [6.45, 7) is 2.76. The molecule has 2 amide bonds. The predicted molar refractivity (Wildman–Crippen MR) is 141 cm³/mol. The van der Waals surface area contributed by atoms with Gasteiger partial charge in [0.15, 0.2) is 18.1 Å². The van der Waals surface area contributed by atoms with E-state index >= 15 is 0 Å². The first-order chi connectivity index (χ1) is 17.4. The summed E-state index contributed by atoms with van der Waals surface area (Å²) in [5.41, 5.74) is 3.18. The van der Waals surface area contributed by atoms with Gasteiger partial charge in [0.2, 0.25) is 0 Å². The van der Waals surface area contributed by atoms with Crippen molar-refractivity contribution < 1.29 is 23.8 Å². The Balaban J connectivity index is 1.66. The van der Waals surface area contributed by atoms with E-state index in [1.807, 2.05) is 56.3 Å². The predicted octanol–water partition coefficient (Wildman–Crippen LogP) is 4.45. The van der Waals surface area contributed by atoms with Crippen LogP contribution in [0.2, 0.25) is 0 Å². The molecule has 0 unspecified atom stereocenters. The molecule has 0 aliphatic heterocycles. The van der Waals surface area contributed by atoms with Gasteiger partial charge < -0.3 is 29.3 Å². The molecule has 0 bridgehead atoms. The lowest BCUT2D eigenvalue weighted by Crippen LogP contribution is -2.30. The first kappa shape index (κ1) is 26.4. The molecule has 0 saturated carbocycles. The zero-order valence-corrected chi connectivity index (χ0v) is 21.4. The molecule has 0 atom stereocenters. The number of anilines is 2.